The van der Waals surface area contributed by atoms with Gasteiger partial charge in [-0.15, -0.1) is 11.3 Å². The van der Waals surface area contributed by atoms with E-state index < -0.39 is 11.9 Å². The van der Waals surface area contributed by atoms with Crippen molar-refractivity contribution >= 4 is 40.0 Å². The summed E-state index contributed by atoms with van der Waals surface area (Å²) in [4.78, 5) is 41.4. The molecule has 0 unspecified atom stereocenters. The van der Waals surface area contributed by atoms with Gasteiger partial charge in [-0.05, 0) is 0 Å². The average molecular weight is 285 g/mol. The maximum absolute atomic E-state index is 11.5. The molecule has 0 aromatic carbocycles. The quantitative estimate of drug-likeness (QED) is 0.374. The molecule has 19 heavy (non-hydrogen) atoms. The Kier molecular flexibility index (Phi) is 5.12. The minimum absolute atomic E-state index is 0.141. The zero-order valence-electron chi connectivity index (χ0n) is 10.4. The van der Waals surface area contributed by atoms with Crippen LogP contribution >= 0.6 is 11.3 Å². The number of carbonyl (C=O) groups is 3. The number of carbonyl (C=O) groups excluding carboxylic acids is 3. The minimum Gasteiger partial charge on any atom is -0.464 e. The van der Waals surface area contributed by atoms with Crippen LogP contribution in [0.3, 0.4) is 0 Å². The number of nitrogens with one attached hydrogen (secondary N) is 1. The van der Waals surface area contributed by atoms with Crippen LogP contribution in [0.4, 0.5) is 5.13 Å². The summed E-state index contributed by atoms with van der Waals surface area (Å²) < 4.78 is 4.51. The van der Waals surface area contributed by atoms with Crippen LogP contribution in [0.5, 0.6) is 0 Å². The monoisotopic (exact) mass is 285 g/mol. The fourth-order valence-corrected chi connectivity index (χ4v) is 1.73. The topological polar surface area (TPSA) is 107 Å². The van der Waals surface area contributed by atoms with Gasteiger partial charge in [-0.25, -0.2) is 14.6 Å². The molecule has 0 saturated carbocycles. The molecule has 0 aliphatic heterocycles. The smallest absolute Gasteiger partial charge is 0.362 e. The summed E-state index contributed by atoms with van der Waals surface area (Å²) >= 11 is 1.10. The van der Waals surface area contributed by atoms with E-state index >= 15 is 0 Å². The summed E-state index contributed by atoms with van der Waals surface area (Å²) in [5.74, 6) is -1.78. The molecule has 0 bridgehead atoms. The number of esters is 1. The maximum Gasteiger partial charge on any atom is 0.362 e. The van der Waals surface area contributed by atoms with Gasteiger partial charge in [0.1, 0.15) is 5.69 Å². The molecule has 1 N–H and O–H groups in total. The average Bonchev–Trinajstić information content (AvgIpc) is 2.76. The van der Waals surface area contributed by atoms with E-state index in [0.717, 1.165) is 25.4 Å². The van der Waals surface area contributed by atoms with Crippen LogP contribution < -0.4 is 5.32 Å². The Morgan fingerprint density at radius 3 is 2.58 bits per heavy atom. The Morgan fingerprint density at radius 2 is 2.05 bits per heavy atom. The number of aromatic nitrogens is 1. The molecule has 1 heterocycles. The van der Waals surface area contributed by atoms with Crippen LogP contribution in [0.1, 0.15) is 19.5 Å². The highest BCUT2D eigenvalue weighted by Gasteiger charge is 2.20. The number of thiazole rings is 1. The molecule has 8 nitrogen and oxygen atoms in total. The van der Waals surface area contributed by atoms with Crippen molar-refractivity contribution in [1.29, 1.82) is 0 Å². The largest absolute Gasteiger partial charge is 0.464 e. The number of anilines is 1. The van der Waals surface area contributed by atoms with Crippen molar-refractivity contribution < 1.29 is 24.0 Å². The highest BCUT2D eigenvalue weighted by molar-refractivity contribution is 7.14. The summed E-state index contributed by atoms with van der Waals surface area (Å²) in [5.41, 5.74) is -0.118. The molecule has 0 fully saturated rings. The fraction of sp³-hybridized carbons (Fsp3) is 0.300. The number of hydrogen-bond donors (Lipinski definition) is 1. The Hall–Kier alpha value is -2.29. The molecule has 0 aliphatic carbocycles. The van der Waals surface area contributed by atoms with Crippen molar-refractivity contribution in [1.82, 2.24) is 4.98 Å². The van der Waals surface area contributed by atoms with Gasteiger partial charge >= 0.3 is 11.9 Å². The van der Waals surface area contributed by atoms with Gasteiger partial charge in [0, 0.05) is 19.2 Å². The van der Waals surface area contributed by atoms with Crippen LogP contribution in [-0.2, 0) is 24.0 Å². The summed E-state index contributed by atoms with van der Waals surface area (Å²) in [6.45, 7) is 2.47. The number of oxime groups is 1. The number of amides is 1. The molecule has 0 atom stereocenters. The molecular formula is C10H11N3O5S. The molecular weight excluding hydrogens is 274 g/mol. The summed E-state index contributed by atoms with van der Waals surface area (Å²) in [6.07, 6.45) is 0. The van der Waals surface area contributed by atoms with Gasteiger partial charge in [-0.3, -0.25) is 4.79 Å². The second-order valence-electron chi connectivity index (χ2n) is 3.23. The first-order valence-corrected chi connectivity index (χ1v) is 5.89. The number of hydrogen-bond acceptors (Lipinski definition) is 8. The molecule has 1 aromatic heterocycles. The van der Waals surface area contributed by atoms with Gasteiger partial charge < -0.3 is 14.9 Å². The van der Waals surface area contributed by atoms with Gasteiger partial charge in [-0.2, -0.15) is 0 Å². The first-order valence-electron chi connectivity index (χ1n) is 5.01. The van der Waals surface area contributed by atoms with Crippen LogP contribution in [-0.4, -0.2) is 35.7 Å². The molecule has 0 saturated heterocycles. The van der Waals surface area contributed by atoms with Crippen LogP contribution in [0.25, 0.3) is 0 Å². The lowest BCUT2D eigenvalue weighted by atomic mass is 10.3. The number of rotatable bonds is 4. The Morgan fingerprint density at radius 1 is 1.37 bits per heavy atom. The van der Waals surface area contributed by atoms with Crippen LogP contribution in [0.15, 0.2) is 10.5 Å². The Balaban J connectivity index is 3.01. The van der Waals surface area contributed by atoms with E-state index in [2.05, 4.69) is 25.0 Å². The normalized spacial score (nSPS) is 10.8. The number of methoxy groups -OCH3 is 1. The molecule has 0 spiro atoms. The lowest BCUT2D eigenvalue weighted by molar-refractivity contribution is -0.141. The third kappa shape index (κ3) is 4.47. The van der Waals surface area contributed by atoms with Crippen LogP contribution in [0, 0.1) is 0 Å². The van der Waals surface area contributed by atoms with Crippen molar-refractivity contribution in [2.75, 3.05) is 12.4 Å². The van der Waals surface area contributed by atoms with E-state index in [9.17, 15) is 14.4 Å². The third-order valence-corrected chi connectivity index (χ3v) is 2.43. The van der Waals surface area contributed by atoms with E-state index in [1.807, 2.05) is 0 Å². The van der Waals surface area contributed by atoms with Crippen LogP contribution in [0.2, 0.25) is 0 Å². The zero-order chi connectivity index (χ0) is 14.4. The van der Waals surface area contributed by atoms with Crippen molar-refractivity contribution in [2.24, 2.45) is 5.16 Å². The second-order valence-corrected chi connectivity index (χ2v) is 4.09. The van der Waals surface area contributed by atoms with Crippen molar-refractivity contribution in [3.63, 3.8) is 0 Å². The molecule has 1 aromatic rings. The molecule has 0 radical (unpaired) electrons. The molecule has 1 amide bonds. The highest BCUT2D eigenvalue weighted by atomic mass is 32.1. The first kappa shape index (κ1) is 14.8. The molecule has 9 heteroatoms. The molecule has 1 rings (SSSR count). The third-order valence-electron chi connectivity index (χ3n) is 1.67. The maximum atomic E-state index is 11.5. The Labute approximate surface area is 112 Å². The van der Waals surface area contributed by atoms with Gasteiger partial charge in [0.25, 0.3) is 0 Å². The van der Waals surface area contributed by atoms with E-state index in [4.69, 9.17) is 0 Å². The minimum atomic E-state index is -0.805. The van der Waals surface area contributed by atoms with Crippen molar-refractivity contribution in [2.45, 2.75) is 13.8 Å². The van der Waals surface area contributed by atoms with Gasteiger partial charge in [-0.1, -0.05) is 5.16 Å². The standard InChI is InChI=1S/C10H11N3O5S/c1-5(14)11-10-12-7(4-19-10)8(9(16)17-3)13-18-6(2)15/h4H,1-3H3,(H,11,12,14). The van der Waals surface area contributed by atoms with Gasteiger partial charge in [0.2, 0.25) is 11.6 Å². The predicted octanol–water partition coefficient (Wildman–Crippen LogP) is 0.542. The van der Waals surface area contributed by atoms with E-state index in [-0.39, 0.29) is 17.3 Å². The first-order chi connectivity index (χ1) is 8.93. The van der Waals surface area contributed by atoms with E-state index in [0.29, 0.717) is 5.13 Å². The lowest BCUT2D eigenvalue weighted by Crippen LogP contribution is -2.19. The van der Waals surface area contributed by atoms with Crippen molar-refractivity contribution in [3.05, 3.63) is 11.1 Å². The SMILES string of the molecule is COC(=O)C(=NOC(C)=O)c1csc(NC(C)=O)n1. The predicted molar refractivity (Wildman–Crippen MR) is 66.7 cm³/mol. The Bertz CT molecular complexity index is 537. The van der Waals surface area contributed by atoms with Crippen molar-refractivity contribution in [3.8, 4) is 0 Å². The summed E-state index contributed by atoms with van der Waals surface area (Å²) in [5, 5.41) is 7.61. The number of nitrogens with zero attached hydrogens (tertiary/aromatic N) is 2. The molecule has 102 valence electrons. The molecule has 0 aliphatic rings. The van der Waals surface area contributed by atoms with Gasteiger partial charge in [0.05, 0.1) is 7.11 Å². The number of ether oxygens (including phenoxy) is 1. The highest BCUT2D eigenvalue weighted by Crippen LogP contribution is 2.16. The van der Waals surface area contributed by atoms with E-state index in [1.165, 1.54) is 12.3 Å². The fourth-order valence-electron chi connectivity index (χ4n) is 0.986. The second kappa shape index (κ2) is 6.59. The lowest BCUT2D eigenvalue weighted by Gasteiger charge is -2.00. The summed E-state index contributed by atoms with van der Waals surface area (Å²) in [6, 6.07) is 0. The summed E-state index contributed by atoms with van der Waals surface area (Å²) in [7, 11) is 1.16. The van der Waals surface area contributed by atoms with Gasteiger partial charge in [0.15, 0.2) is 5.13 Å². The van der Waals surface area contributed by atoms with E-state index in [1.54, 1.807) is 0 Å². The zero-order valence-corrected chi connectivity index (χ0v) is 11.2.